The van der Waals surface area contributed by atoms with Crippen LogP contribution in [0.4, 0.5) is 0 Å². The third-order valence-electron chi connectivity index (χ3n) is 9.13. The zero-order valence-electron chi connectivity index (χ0n) is 25.6. The van der Waals surface area contributed by atoms with Gasteiger partial charge in [0, 0.05) is 38.2 Å². The lowest BCUT2D eigenvalue weighted by Crippen LogP contribution is -2.00. The Bertz CT molecular complexity index is 2760. The molecule has 0 saturated heterocycles. The molecule has 48 heavy (non-hydrogen) atoms. The van der Waals surface area contributed by atoms with Crippen molar-refractivity contribution in [2.75, 3.05) is 0 Å². The highest BCUT2D eigenvalue weighted by Crippen LogP contribution is 2.45. The molecule has 5 heteroatoms. The fraction of sp³-hybridized carbons (Fsp3) is 0. The van der Waals surface area contributed by atoms with E-state index < -0.39 is 0 Å². The van der Waals surface area contributed by atoms with Gasteiger partial charge < -0.3 is 8.83 Å². The van der Waals surface area contributed by atoms with E-state index in [9.17, 15) is 0 Å². The number of rotatable bonds is 4. The fourth-order valence-corrected chi connectivity index (χ4v) is 6.83. The van der Waals surface area contributed by atoms with Crippen LogP contribution in [0.25, 0.3) is 99.9 Å². The van der Waals surface area contributed by atoms with Crippen LogP contribution in [0.3, 0.4) is 0 Å². The molecule has 0 amide bonds. The molecule has 10 rings (SSSR count). The standard InChI is InChI=1S/C43H25N3O2/c1-3-11-27(12-4-1)41-44-42(28-13-5-2-6-14-28)46-43(45-41)29-21-19-26(20-22-29)30-23-24-36-34(25-30)38-39(47-36)32-16-8-7-15-31(32)37-33-17-9-10-18-35(33)48-40(37)38/h1-25H. The molecule has 0 aliphatic rings. The maximum Gasteiger partial charge on any atom is 0.164 e. The Morgan fingerprint density at radius 3 is 1.46 bits per heavy atom. The van der Waals surface area contributed by atoms with Crippen LogP contribution in [-0.2, 0) is 0 Å². The van der Waals surface area contributed by atoms with Crippen molar-refractivity contribution in [2.24, 2.45) is 0 Å². The van der Waals surface area contributed by atoms with Gasteiger partial charge in [0.2, 0.25) is 0 Å². The van der Waals surface area contributed by atoms with E-state index in [0.29, 0.717) is 17.5 Å². The molecular weight excluding hydrogens is 590 g/mol. The maximum absolute atomic E-state index is 6.55. The molecule has 0 aliphatic carbocycles. The van der Waals surface area contributed by atoms with Crippen molar-refractivity contribution in [3.05, 3.63) is 152 Å². The predicted molar refractivity (Wildman–Crippen MR) is 194 cm³/mol. The Balaban J connectivity index is 1.11. The number of fused-ring (bicyclic) bond motifs is 10. The number of hydrogen-bond acceptors (Lipinski definition) is 5. The Hall–Kier alpha value is -6.59. The minimum Gasteiger partial charge on any atom is -0.455 e. The number of para-hydroxylation sites is 1. The summed E-state index contributed by atoms with van der Waals surface area (Å²) in [5, 5.41) is 6.46. The Labute approximate surface area is 274 Å². The van der Waals surface area contributed by atoms with Gasteiger partial charge in [-0.25, -0.2) is 15.0 Å². The SMILES string of the molecule is c1ccc(-c2nc(-c3ccccc3)nc(-c3ccc(-c4ccc5oc6c7ccccc7c7c8ccccc8oc7c6c5c4)cc3)n2)cc1. The molecule has 0 fully saturated rings. The lowest BCUT2D eigenvalue weighted by molar-refractivity contribution is 0.665. The highest BCUT2D eigenvalue weighted by atomic mass is 16.3. The molecule has 3 aromatic heterocycles. The van der Waals surface area contributed by atoms with Gasteiger partial charge in [0.25, 0.3) is 0 Å². The molecule has 0 bridgehead atoms. The van der Waals surface area contributed by atoms with Gasteiger partial charge in [0.05, 0.1) is 5.39 Å². The van der Waals surface area contributed by atoms with Crippen LogP contribution < -0.4 is 0 Å². The highest BCUT2D eigenvalue weighted by molar-refractivity contribution is 6.33. The van der Waals surface area contributed by atoms with Crippen molar-refractivity contribution < 1.29 is 8.83 Å². The molecule has 10 aromatic rings. The van der Waals surface area contributed by atoms with Gasteiger partial charge in [-0.2, -0.15) is 0 Å². The molecule has 0 N–H and O–H groups in total. The second kappa shape index (κ2) is 10.5. The van der Waals surface area contributed by atoms with E-state index in [1.54, 1.807) is 0 Å². The average Bonchev–Trinajstić information content (AvgIpc) is 3.74. The van der Waals surface area contributed by atoms with Crippen LogP contribution in [0.2, 0.25) is 0 Å². The van der Waals surface area contributed by atoms with Crippen molar-refractivity contribution in [1.82, 2.24) is 15.0 Å². The van der Waals surface area contributed by atoms with Gasteiger partial charge in [-0.15, -0.1) is 0 Å². The lowest BCUT2D eigenvalue weighted by atomic mass is 9.98. The smallest absolute Gasteiger partial charge is 0.164 e. The van der Waals surface area contributed by atoms with Crippen LogP contribution in [0.15, 0.2) is 160 Å². The quantitative estimate of drug-likeness (QED) is 0.197. The van der Waals surface area contributed by atoms with E-state index in [1.165, 1.54) is 0 Å². The van der Waals surface area contributed by atoms with E-state index in [0.717, 1.165) is 82.5 Å². The van der Waals surface area contributed by atoms with E-state index >= 15 is 0 Å². The van der Waals surface area contributed by atoms with E-state index in [2.05, 4.69) is 78.9 Å². The van der Waals surface area contributed by atoms with Crippen molar-refractivity contribution in [1.29, 1.82) is 0 Å². The van der Waals surface area contributed by atoms with Gasteiger partial charge in [-0.1, -0.05) is 133 Å². The second-order valence-corrected chi connectivity index (χ2v) is 12.0. The Morgan fingerprint density at radius 1 is 0.312 bits per heavy atom. The third-order valence-corrected chi connectivity index (χ3v) is 9.13. The first kappa shape index (κ1) is 26.6. The first-order valence-electron chi connectivity index (χ1n) is 15.9. The van der Waals surface area contributed by atoms with Gasteiger partial charge in [-0.3, -0.25) is 0 Å². The van der Waals surface area contributed by atoms with Crippen LogP contribution in [0, 0.1) is 0 Å². The summed E-state index contributed by atoms with van der Waals surface area (Å²) in [5.74, 6) is 1.92. The van der Waals surface area contributed by atoms with Crippen molar-refractivity contribution in [2.45, 2.75) is 0 Å². The van der Waals surface area contributed by atoms with Crippen molar-refractivity contribution >= 4 is 54.6 Å². The summed E-state index contributed by atoms with van der Waals surface area (Å²) in [6, 6.07) is 51.5. The summed E-state index contributed by atoms with van der Waals surface area (Å²) in [6.07, 6.45) is 0. The summed E-state index contributed by atoms with van der Waals surface area (Å²) >= 11 is 0. The minimum atomic E-state index is 0.629. The molecule has 0 atom stereocenters. The monoisotopic (exact) mass is 615 g/mol. The van der Waals surface area contributed by atoms with Crippen LogP contribution in [0.1, 0.15) is 0 Å². The number of nitrogens with zero attached hydrogens (tertiary/aromatic N) is 3. The zero-order valence-corrected chi connectivity index (χ0v) is 25.6. The molecule has 0 saturated carbocycles. The summed E-state index contributed by atoms with van der Waals surface area (Å²) in [6.45, 7) is 0. The first-order valence-corrected chi connectivity index (χ1v) is 15.9. The van der Waals surface area contributed by atoms with Gasteiger partial charge in [0.15, 0.2) is 17.5 Å². The zero-order chi connectivity index (χ0) is 31.6. The molecule has 7 aromatic carbocycles. The number of furan rings is 2. The van der Waals surface area contributed by atoms with Crippen molar-refractivity contribution in [3.63, 3.8) is 0 Å². The average molecular weight is 616 g/mol. The summed E-state index contributed by atoms with van der Waals surface area (Å²) in [4.78, 5) is 14.6. The molecule has 0 spiro atoms. The number of aromatic nitrogens is 3. The summed E-state index contributed by atoms with van der Waals surface area (Å²) < 4.78 is 13.1. The van der Waals surface area contributed by atoms with Crippen LogP contribution in [-0.4, -0.2) is 15.0 Å². The largest absolute Gasteiger partial charge is 0.455 e. The highest BCUT2D eigenvalue weighted by Gasteiger charge is 2.21. The topological polar surface area (TPSA) is 65.0 Å². The van der Waals surface area contributed by atoms with E-state index in [4.69, 9.17) is 23.8 Å². The Kier molecular flexibility index (Phi) is 5.81. The summed E-state index contributed by atoms with van der Waals surface area (Å²) in [7, 11) is 0. The second-order valence-electron chi connectivity index (χ2n) is 12.0. The van der Waals surface area contributed by atoms with Gasteiger partial charge in [-0.05, 0) is 34.7 Å². The number of hydrogen-bond donors (Lipinski definition) is 0. The molecule has 0 radical (unpaired) electrons. The molecule has 0 unspecified atom stereocenters. The predicted octanol–water partition coefficient (Wildman–Crippen LogP) is 11.5. The van der Waals surface area contributed by atoms with Crippen LogP contribution in [0.5, 0.6) is 0 Å². The fourth-order valence-electron chi connectivity index (χ4n) is 6.83. The Morgan fingerprint density at radius 2 is 0.792 bits per heavy atom. The summed E-state index contributed by atoms with van der Waals surface area (Å²) in [5.41, 5.74) is 8.38. The van der Waals surface area contributed by atoms with Gasteiger partial charge in [0.1, 0.15) is 22.3 Å². The lowest BCUT2D eigenvalue weighted by Gasteiger charge is -2.09. The van der Waals surface area contributed by atoms with E-state index in [1.807, 2.05) is 72.8 Å². The van der Waals surface area contributed by atoms with Crippen molar-refractivity contribution in [3.8, 4) is 45.3 Å². The molecule has 5 nitrogen and oxygen atoms in total. The number of benzene rings is 7. The third kappa shape index (κ3) is 4.15. The molecular formula is C43H25N3O2. The minimum absolute atomic E-state index is 0.629. The van der Waals surface area contributed by atoms with Gasteiger partial charge >= 0.3 is 0 Å². The molecule has 224 valence electrons. The normalized spacial score (nSPS) is 11.8. The first-order chi connectivity index (χ1) is 23.8. The molecule has 0 aliphatic heterocycles. The van der Waals surface area contributed by atoms with Crippen LogP contribution >= 0.6 is 0 Å². The van der Waals surface area contributed by atoms with E-state index in [-0.39, 0.29) is 0 Å². The maximum atomic E-state index is 6.55. The molecule has 3 heterocycles.